The van der Waals surface area contributed by atoms with E-state index >= 15 is 0 Å². The van der Waals surface area contributed by atoms with Gasteiger partial charge in [-0.05, 0) is 43.9 Å². The van der Waals surface area contributed by atoms with Crippen molar-refractivity contribution in [3.8, 4) is 0 Å². The first-order valence-corrected chi connectivity index (χ1v) is 6.82. The van der Waals surface area contributed by atoms with Gasteiger partial charge < -0.3 is 15.8 Å². The Labute approximate surface area is 114 Å². The Bertz CT molecular complexity index is 389. The van der Waals surface area contributed by atoms with Crippen molar-refractivity contribution in [2.24, 2.45) is 5.73 Å². The fourth-order valence-electron chi connectivity index (χ4n) is 2.63. The second-order valence-electron chi connectivity index (χ2n) is 5.05. The van der Waals surface area contributed by atoms with E-state index in [1.165, 1.54) is 0 Å². The summed E-state index contributed by atoms with van der Waals surface area (Å²) in [6.07, 6.45) is 4.57. The lowest BCUT2D eigenvalue weighted by molar-refractivity contribution is 0.0550. The van der Waals surface area contributed by atoms with E-state index in [1.54, 1.807) is 7.11 Å². The second kappa shape index (κ2) is 5.91. The molecule has 0 aromatic heterocycles. The van der Waals surface area contributed by atoms with Gasteiger partial charge >= 0.3 is 0 Å². The normalized spacial score (nSPS) is 28.1. The number of hydrogen-bond acceptors (Lipinski definition) is 3. The molecule has 1 saturated carbocycles. The standard InChI is InChI=1S/C14H21ClN2O/c1-18-13-5-7-14(10-16,8-6-13)17-12-4-2-3-11(15)9-12/h2-4,9,13,17H,5-8,10,16H2,1H3. The summed E-state index contributed by atoms with van der Waals surface area (Å²) < 4.78 is 5.41. The fourth-order valence-corrected chi connectivity index (χ4v) is 2.82. The number of nitrogens with two attached hydrogens (primary N) is 1. The summed E-state index contributed by atoms with van der Waals surface area (Å²) in [6.45, 7) is 0.635. The first kappa shape index (κ1) is 13.7. The van der Waals surface area contributed by atoms with Crippen LogP contribution < -0.4 is 11.1 Å². The van der Waals surface area contributed by atoms with Gasteiger partial charge in [0, 0.05) is 29.9 Å². The summed E-state index contributed by atoms with van der Waals surface area (Å²) >= 11 is 6.01. The van der Waals surface area contributed by atoms with Crippen LogP contribution in [0.15, 0.2) is 24.3 Å². The number of anilines is 1. The highest BCUT2D eigenvalue weighted by Crippen LogP contribution is 2.32. The van der Waals surface area contributed by atoms with Crippen molar-refractivity contribution in [2.45, 2.75) is 37.3 Å². The Morgan fingerprint density at radius 2 is 2.17 bits per heavy atom. The zero-order chi connectivity index (χ0) is 13.0. The number of halogens is 1. The van der Waals surface area contributed by atoms with E-state index < -0.39 is 0 Å². The van der Waals surface area contributed by atoms with Crippen molar-refractivity contribution in [1.82, 2.24) is 0 Å². The molecule has 4 heteroatoms. The van der Waals surface area contributed by atoms with Crippen LogP contribution >= 0.6 is 11.6 Å². The van der Waals surface area contributed by atoms with Crippen LogP contribution in [-0.2, 0) is 4.74 Å². The van der Waals surface area contributed by atoms with Gasteiger partial charge in [0.15, 0.2) is 0 Å². The lowest BCUT2D eigenvalue weighted by Gasteiger charge is -2.40. The zero-order valence-electron chi connectivity index (χ0n) is 10.8. The SMILES string of the molecule is COC1CCC(CN)(Nc2cccc(Cl)c2)CC1. The van der Waals surface area contributed by atoms with Gasteiger partial charge in [-0.15, -0.1) is 0 Å². The van der Waals surface area contributed by atoms with Crippen molar-refractivity contribution < 1.29 is 4.74 Å². The zero-order valence-corrected chi connectivity index (χ0v) is 11.5. The maximum atomic E-state index is 6.01. The van der Waals surface area contributed by atoms with Gasteiger partial charge in [-0.2, -0.15) is 0 Å². The Kier molecular flexibility index (Phi) is 4.49. The molecule has 0 radical (unpaired) electrons. The van der Waals surface area contributed by atoms with Gasteiger partial charge in [-0.1, -0.05) is 17.7 Å². The van der Waals surface area contributed by atoms with Crippen LogP contribution in [0.4, 0.5) is 5.69 Å². The molecule has 3 N–H and O–H groups in total. The average molecular weight is 269 g/mol. The van der Waals surface area contributed by atoms with E-state index in [0.717, 1.165) is 36.4 Å². The molecule has 0 amide bonds. The summed E-state index contributed by atoms with van der Waals surface area (Å²) in [4.78, 5) is 0. The molecule has 1 aliphatic carbocycles. The molecule has 100 valence electrons. The molecule has 0 unspecified atom stereocenters. The number of hydrogen-bond donors (Lipinski definition) is 2. The molecule has 0 aliphatic heterocycles. The first-order valence-electron chi connectivity index (χ1n) is 6.44. The molecule has 2 rings (SSSR count). The maximum absolute atomic E-state index is 6.01. The van der Waals surface area contributed by atoms with E-state index in [1.807, 2.05) is 24.3 Å². The third-order valence-electron chi connectivity index (χ3n) is 3.85. The molecule has 0 spiro atoms. The summed E-state index contributed by atoms with van der Waals surface area (Å²) in [5, 5.41) is 4.31. The first-order chi connectivity index (χ1) is 8.67. The molecule has 1 aliphatic rings. The van der Waals surface area contributed by atoms with Crippen LogP contribution in [-0.4, -0.2) is 25.3 Å². The molecule has 1 aromatic carbocycles. The molecule has 0 saturated heterocycles. The van der Waals surface area contributed by atoms with Crippen LogP contribution in [0.5, 0.6) is 0 Å². The Balaban J connectivity index is 2.05. The summed E-state index contributed by atoms with van der Waals surface area (Å²) in [5.74, 6) is 0. The molecule has 18 heavy (non-hydrogen) atoms. The van der Waals surface area contributed by atoms with Gasteiger partial charge in [0.25, 0.3) is 0 Å². The average Bonchev–Trinajstić information content (AvgIpc) is 2.39. The molecule has 0 atom stereocenters. The van der Waals surface area contributed by atoms with Crippen LogP contribution in [0.3, 0.4) is 0 Å². The molecule has 1 aromatic rings. The summed E-state index contributed by atoms with van der Waals surface area (Å²) in [7, 11) is 1.78. The van der Waals surface area contributed by atoms with Gasteiger partial charge in [0.2, 0.25) is 0 Å². The third kappa shape index (κ3) is 3.16. The largest absolute Gasteiger partial charge is 0.381 e. The van der Waals surface area contributed by atoms with E-state index in [4.69, 9.17) is 22.1 Å². The lowest BCUT2D eigenvalue weighted by atomic mass is 9.80. The number of nitrogens with one attached hydrogen (secondary N) is 1. The molecule has 1 fully saturated rings. The monoisotopic (exact) mass is 268 g/mol. The summed E-state index contributed by atoms with van der Waals surface area (Å²) in [6, 6.07) is 7.81. The minimum absolute atomic E-state index is 0.0142. The Morgan fingerprint density at radius 1 is 1.44 bits per heavy atom. The van der Waals surface area contributed by atoms with E-state index in [2.05, 4.69) is 5.32 Å². The smallest absolute Gasteiger partial charge is 0.0573 e. The van der Waals surface area contributed by atoms with Crippen LogP contribution in [0.25, 0.3) is 0 Å². The summed E-state index contributed by atoms with van der Waals surface area (Å²) in [5.41, 5.74) is 7.01. The molecule has 0 heterocycles. The van der Waals surface area contributed by atoms with Gasteiger partial charge in [-0.3, -0.25) is 0 Å². The van der Waals surface area contributed by atoms with Crippen molar-refractivity contribution in [3.63, 3.8) is 0 Å². The van der Waals surface area contributed by atoms with Gasteiger partial charge in [0.05, 0.1) is 6.10 Å². The quantitative estimate of drug-likeness (QED) is 0.882. The number of rotatable bonds is 4. The lowest BCUT2D eigenvalue weighted by Crippen LogP contribution is -2.49. The molecule has 0 bridgehead atoms. The van der Waals surface area contributed by atoms with Crippen LogP contribution in [0, 0.1) is 0 Å². The highest BCUT2D eigenvalue weighted by atomic mass is 35.5. The van der Waals surface area contributed by atoms with Crippen molar-refractivity contribution in [3.05, 3.63) is 29.3 Å². The Hall–Kier alpha value is -0.770. The minimum atomic E-state index is -0.0142. The molecular weight excluding hydrogens is 248 g/mol. The van der Waals surface area contributed by atoms with E-state index in [9.17, 15) is 0 Å². The predicted molar refractivity (Wildman–Crippen MR) is 76.1 cm³/mol. The minimum Gasteiger partial charge on any atom is -0.381 e. The second-order valence-corrected chi connectivity index (χ2v) is 5.49. The van der Waals surface area contributed by atoms with Crippen LogP contribution in [0.1, 0.15) is 25.7 Å². The van der Waals surface area contributed by atoms with E-state index in [-0.39, 0.29) is 5.54 Å². The van der Waals surface area contributed by atoms with E-state index in [0.29, 0.717) is 12.6 Å². The van der Waals surface area contributed by atoms with Crippen LogP contribution in [0.2, 0.25) is 5.02 Å². The van der Waals surface area contributed by atoms with Crippen molar-refractivity contribution in [1.29, 1.82) is 0 Å². The maximum Gasteiger partial charge on any atom is 0.0573 e. The number of ether oxygens (including phenoxy) is 1. The van der Waals surface area contributed by atoms with Crippen molar-refractivity contribution in [2.75, 3.05) is 19.0 Å². The Morgan fingerprint density at radius 3 is 2.72 bits per heavy atom. The fraction of sp³-hybridized carbons (Fsp3) is 0.571. The highest BCUT2D eigenvalue weighted by Gasteiger charge is 2.34. The highest BCUT2D eigenvalue weighted by molar-refractivity contribution is 6.30. The predicted octanol–water partition coefficient (Wildman–Crippen LogP) is 3.04. The van der Waals surface area contributed by atoms with Crippen molar-refractivity contribution >= 4 is 17.3 Å². The third-order valence-corrected chi connectivity index (χ3v) is 4.08. The molecule has 3 nitrogen and oxygen atoms in total. The number of benzene rings is 1. The molecular formula is C14H21ClN2O. The number of methoxy groups -OCH3 is 1. The van der Waals surface area contributed by atoms with Gasteiger partial charge in [0.1, 0.15) is 0 Å². The topological polar surface area (TPSA) is 47.3 Å². The van der Waals surface area contributed by atoms with Gasteiger partial charge in [-0.25, -0.2) is 0 Å².